The normalized spacial score (nSPS) is 11.6. The van der Waals surface area contributed by atoms with Gasteiger partial charge in [0.05, 0.1) is 6.07 Å². The summed E-state index contributed by atoms with van der Waals surface area (Å²) >= 11 is 0. The van der Waals surface area contributed by atoms with E-state index in [4.69, 9.17) is 5.26 Å². The lowest BCUT2D eigenvalue weighted by molar-refractivity contribution is 0.0955. The Bertz CT molecular complexity index is 608. The maximum absolute atomic E-state index is 12.7. The lowest BCUT2D eigenvalue weighted by Crippen LogP contribution is -2.13. The molecule has 0 aliphatic carbocycles. The van der Waals surface area contributed by atoms with Crippen molar-refractivity contribution in [1.29, 1.82) is 5.26 Å². The molecule has 2 heteroatoms. The highest BCUT2D eigenvalue weighted by atomic mass is 16.1. The topological polar surface area (TPSA) is 40.9 Å². The van der Waals surface area contributed by atoms with Crippen molar-refractivity contribution in [3.05, 3.63) is 71.3 Å². The van der Waals surface area contributed by atoms with E-state index in [2.05, 4.69) is 6.07 Å². The van der Waals surface area contributed by atoms with Crippen molar-refractivity contribution in [2.45, 2.75) is 25.7 Å². The Morgan fingerprint density at radius 1 is 1.10 bits per heavy atom. The summed E-state index contributed by atoms with van der Waals surface area (Å²) in [5.74, 6) is -0.148. The third-order valence-electron chi connectivity index (χ3n) is 3.40. The summed E-state index contributed by atoms with van der Waals surface area (Å²) in [7, 11) is 0. The second-order valence-electron chi connectivity index (χ2n) is 4.89. The zero-order valence-electron chi connectivity index (χ0n) is 11.5. The van der Waals surface area contributed by atoms with Gasteiger partial charge in [0, 0.05) is 17.9 Å². The number of nitriles is 1. The van der Waals surface area contributed by atoms with Gasteiger partial charge in [0.25, 0.3) is 0 Å². The third kappa shape index (κ3) is 3.33. The SMILES string of the molecule is Cc1ccc(C(=O)C(CCC#N)c2ccccc2)cc1. The van der Waals surface area contributed by atoms with Crippen LogP contribution < -0.4 is 0 Å². The predicted molar refractivity (Wildman–Crippen MR) is 79.5 cm³/mol. The Hall–Kier alpha value is -2.40. The fraction of sp³-hybridized carbons (Fsp3) is 0.222. The minimum absolute atomic E-state index is 0.0893. The molecule has 100 valence electrons. The highest BCUT2D eigenvalue weighted by Crippen LogP contribution is 2.25. The Kier molecular flexibility index (Phi) is 4.68. The molecule has 0 saturated heterocycles. The van der Waals surface area contributed by atoms with Crippen LogP contribution in [-0.2, 0) is 0 Å². The zero-order chi connectivity index (χ0) is 14.4. The molecule has 1 atom stereocenters. The van der Waals surface area contributed by atoms with Crippen LogP contribution in [0.5, 0.6) is 0 Å². The number of aryl methyl sites for hydroxylation is 1. The minimum atomic E-state index is -0.237. The number of hydrogen-bond donors (Lipinski definition) is 0. The molecule has 2 rings (SSSR count). The highest BCUT2D eigenvalue weighted by Gasteiger charge is 2.21. The van der Waals surface area contributed by atoms with Gasteiger partial charge in [-0.2, -0.15) is 5.26 Å². The molecule has 0 aromatic heterocycles. The fourth-order valence-corrected chi connectivity index (χ4v) is 2.26. The van der Waals surface area contributed by atoms with E-state index in [0.717, 1.165) is 11.1 Å². The monoisotopic (exact) mass is 263 g/mol. The molecule has 0 fully saturated rings. The summed E-state index contributed by atoms with van der Waals surface area (Å²) in [4.78, 5) is 12.7. The largest absolute Gasteiger partial charge is 0.293 e. The smallest absolute Gasteiger partial charge is 0.170 e. The first kappa shape index (κ1) is 14.0. The molecule has 20 heavy (non-hydrogen) atoms. The molecular formula is C18H17NO. The van der Waals surface area contributed by atoms with Gasteiger partial charge < -0.3 is 0 Å². The molecule has 2 aromatic carbocycles. The highest BCUT2D eigenvalue weighted by molar-refractivity contribution is 6.01. The molecule has 1 unspecified atom stereocenters. The Labute approximate surface area is 119 Å². The summed E-state index contributed by atoms with van der Waals surface area (Å²) < 4.78 is 0. The molecule has 0 radical (unpaired) electrons. The first-order valence-electron chi connectivity index (χ1n) is 6.75. The number of hydrogen-bond acceptors (Lipinski definition) is 2. The number of carbonyl (C=O) groups is 1. The van der Waals surface area contributed by atoms with Gasteiger partial charge in [-0.1, -0.05) is 60.2 Å². The maximum Gasteiger partial charge on any atom is 0.170 e. The summed E-state index contributed by atoms with van der Waals surface area (Å²) in [5, 5.41) is 8.79. The number of benzene rings is 2. The van der Waals surface area contributed by atoms with Crippen LogP contribution in [0, 0.1) is 18.3 Å². The standard InChI is InChI=1S/C18H17NO/c1-14-9-11-16(12-10-14)18(20)17(8-5-13-19)15-6-3-2-4-7-15/h2-4,6-7,9-12,17H,5,8H2,1H3. The third-order valence-corrected chi connectivity index (χ3v) is 3.40. The van der Waals surface area contributed by atoms with Crippen molar-refractivity contribution < 1.29 is 4.79 Å². The molecule has 0 heterocycles. The van der Waals surface area contributed by atoms with E-state index in [9.17, 15) is 4.79 Å². The number of rotatable bonds is 5. The van der Waals surface area contributed by atoms with Crippen LogP contribution in [0.25, 0.3) is 0 Å². The van der Waals surface area contributed by atoms with E-state index in [1.165, 1.54) is 0 Å². The summed E-state index contributed by atoms with van der Waals surface area (Å²) in [6, 6.07) is 19.4. The van der Waals surface area contributed by atoms with Crippen molar-refractivity contribution in [2.24, 2.45) is 0 Å². The fourth-order valence-electron chi connectivity index (χ4n) is 2.26. The predicted octanol–water partition coefficient (Wildman–Crippen LogP) is 4.27. The molecule has 0 aliphatic heterocycles. The van der Waals surface area contributed by atoms with Crippen molar-refractivity contribution in [3.8, 4) is 6.07 Å². The van der Waals surface area contributed by atoms with E-state index in [-0.39, 0.29) is 11.7 Å². The minimum Gasteiger partial charge on any atom is -0.293 e. The quantitative estimate of drug-likeness (QED) is 0.756. The maximum atomic E-state index is 12.7. The molecule has 0 N–H and O–H groups in total. The van der Waals surface area contributed by atoms with Crippen LogP contribution in [0.1, 0.15) is 40.2 Å². The van der Waals surface area contributed by atoms with Gasteiger partial charge in [-0.3, -0.25) is 4.79 Å². The van der Waals surface area contributed by atoms with E-state index in [0.29, 0.717) is 18.4 Å². The Balaban J connectivity index is 2.29. The van der Waals surface area contributed by atoms with Crippen molar-refractivity contribution in [1.82, 2.24) is 0 Å². The Morgan fingerprint density at radius 2 is 1.75 bits per heavy atom. The molecular weight excluding hydrogens is 246 g/mol. The van der Waals surface area contributed by atoms with Crippen LogP contribution in [-0.4, -0.2) is 5.78 Å². The van der Waals surface area contributed by atoms with Gasteiger partial charge in [-0.15, -0.1) is 0 Å². The second-order valence-corrected chi connectivity index (χ2v) is 4.89. The molecule has 0 spiro atoms. The molecule has 0 bridgehead atoms. The van der Waals surface area contributed by atoms with Crippen molar-refractivity contribution in [3.63, 3.8) is 0 Å². The average Bonchev–Trinajstić information content (AvgIpc) is 2.49. The van der Waals surface area contributed by atoms with Crippen molar-refractivity contribution in [2.75, 3.05) is 0 Å². The van der Waals surface area contributed by atoms with Gasteiger partial charge in [-0.25, -0.2) is 0 Å². The number of nitrogens with zero attached hydrogens (tertiary/aromatic N) is 1. The number of ketones is 1. The van der Waals surface area contributed by atoms with E-state index < -0.39 is 0 Å². The van der Waals surface area contributed by atoms with E-state index >= 15 is 0 Å². The van der Waals surface area contributed by atoms with Crippen LogP contribution in [0.4, 0.5) is 0 Å². The molecule has 0 amide bonds. The van der Waals surface area contributed by atoms with Crippen LogP contribution in [0.2, 0.25) is 0 Å². The first-order valence-corrected chi connectivity index (χ1v) is 6.75. The zero-order valence-corrected chi connectivity index (χ0v) is 11.5. The number of Topliss-reactive ketones (excluding diaryl/α,β-unsaturated/α-hetero) is 1. The molecule has 2 aromatic rings. The van der Waals surface area contributed by atoms with Gasteiger partial charge in [-0.05, 0) is 18.9 Å². The average molecular weight is 263 g/mol. The number of carbonyl (C=O) groups excluding carboxylic acids is 1. The van der Waals surface area contributed by atoms with Crippen LogP contribution in [0.3, 0.4) is 0 Å². The molecule has 0 saturated carbocycles. The summed E-state index contributed by atoms with van der Waals surface area (Å²) in [6.45, 7) is 2.00. The molecule has 2 nitrogen and oxygen atoms in total. The van der Waals surface area contributed by atoms with Crippen molar-refractivity contribution >= 4 is 5.78 Å². The Morgan fingerprint density at radius 3 is 2.35 bits per heavy atom. The van der Waals surface area contributed by atoms with Gasteiger partial charge >= 0.3 is 0 Å². The lowest BCUT2D eigenvalue weighted by Gasteiger charge is -2.15. The van der Waals surface area contributed by atoms with Gasteiger partial charge in [0.1, 0.15) is 0 Å². The van der Waals surface area contributed by atoms with E-state index in [1.807, 2.05) is 61.5 Å². The lowest BCUT2D eigenvalue weighted by atomic mass is 9.87. The van der Waals surface area contributed by atoms with Crippen LogP contribution >= 0.6 is 0 Å². The molecule has 0 aliphatic rings. The van der Waals surface area contributed by atoms with E-state index in [1.54, 1.807) is 0 Å². The first-order chi connectivity index (χ1) is 9.72. The van der Waals surface area contributed by atoms with Gasteiger partial charge in [0.2, 0.25) is 0 Å². The second kappa shape index (κ2) is 6.68. The van der Waals surface area contributed by atoms with Gasteiger partial charge in [0.15, 0.2) is 5.78 Å². The summed E-state index contributed by atoms with van der Waals surface area (Å²) in [5.41, 5.74) is 2.82. The van der Waals surface area contributed by atoms with Crippen LogP contribution in [0.15, 0.2) is 54.6 Å². The summed E-state index contributed by atoms with van der Waals surface area (Å²) in [6.07, 6.45) is 0.949.